The summed E-state index contributed by atoms with van der Waals surface area (Å²) in [4.78, 5) is 65.7. The highest BCUT2D eigenvalue weighted by molar-refractivity contribution is 6.42. The van der Waals surface area contributed by atoms with Crippen LogP contribution in [0.3, 0.4) is 0 Å². The zero-order chi connectivity index (χ0) is 28.5. The summed E-state index contributed by atoms with van der Waals surface area (Å²) in [6.07, 6.45) is 1.10. The predicted molar refractivity (Wildman–Crippen MR) is 150 cm³/mol. The van der Waals surface area contributed by atoms with Gasteiger partial charge >= 0.3 is 0 Å². The molecule has 2 atom stereocenters. The van der Waals surface area contributed by atoms with Gasteiger partial charge in [-0.1, -0.05) is 91.0 Å². The molecular formula is C32H33N3O5. The minimum atomic E-state index is -1.20. The van der Waals surface area contributed by atoms with E-state index in [0.29, 0.717) is 19.4 Å². The van der Waals surface area contributed by atoms with Crippen molar-refractivity contribution in [1.82, 2.24) is 15.5 Å². The maximum absolute atomic E-state index is 13.5. The standard InChI is InChI=1S/C32H33N3O5/c1-22(29(37)31(39)33-21-23-12-5-2-6-13-23)34-32(40)30(38)27-18-11-19-35(27)28(36)20-26(24-14-7-3-8-15-24)25-16-9-4-10-17-25/h2-10,12-17,22,26-27H,11,18-21H2,1H3,(H,33,39)(H,34,40)/t22-,27-/m0/s1. The van der Waals surface area contributed by atoms with Crippen LogP contribution < -0.4 is 10.6 Å². The monoisotopic (exact) mass is 539 g/mol. The lowest BCUT2D eigenvalue weighted by molar-refractivity contribution is -0.145. The average Bonchev–Trinajstić information content (AvgIpc) is 3.49. The summed E-state index contributed by atoms with van der Waals surface area (Å²) >= 11 is 0. The molecule has 0 unspecified atom stereocenters. The van der Waals surface area contributed by atoms with Gasteiger partial charge in [0.15, 0.2) is 0 Å². The van der Waals surface area contributed by atoms with Crippen LogP contribution in [0.2, 0.25) is 0 Å². The normalized spacial score (nSPS) is 15.3. The Balaban J connectivity index is 1.37. The van der Waals surface area contributed by atoms with Crippen molar-refractivity contribution in [2.24, 2.45) is 0 Å². The Morgan fingerprint density at radius 2 is 1.35 bits per heavy atom. The molecule has 2 N–H and O–H groups in total. The van der Waals surface area contributed by atoms with E-state index >= 15 is 0 Å². The van der Waals surface area contributed by atoms with Crippen molar-refractivity contribution in [3.05, 3.63) is 108 Å². The minimum Gasteiger partial charge on any atom is -0.345 e. The molecule has 3 aromatic rings. The Hall–Kier alpha value is -4.59. The minimum absolute atomic E-state index is 0.149. The van der Waals surface area contributed by atoms with Gasteiger partial charge in [-0.3, -0.25) is 24.0 Å². The number of Topliss-reactive ketones (excluding diaryl/α,β-unsaturated/α-hetero) is 2. The Morgan fingerprint density at radius 1 is 0.800 bits per heavy atom. The van der Waals surface area contributed by atoms with E-state index in [1.54, 1.807) is 0 Å². The molecule has 0 aliphatic carbocycles. The van der Waals surface area contributed by atoms with Crippen LogP contribution in [-0.2, 0) is 30.5 Å². The van der Waals surface area contributed by atoms with Crippen LogP contribution in [0.25, 0.3) is 0 Å². The summed E-state index contributed by atoms with van der Waals surface area (Å²) in [5.41, 5.74) is 2.79. The van der Waals surface area contributed by atoms with E-state index in [1.807, 2.05) is 91.0 Å². The van der Waals surface area contributed by atoms with Gasteiger partial charge in [0.05, 0.1) is 6.04 Å². The molecule has 4 rings (SSSR count). The molecule has 206 valence electrons. The van der Waals surface area contributed by atoms with E-state index in [9.17, 15) is 24.0 Å². The van der Waals surface area contributed by atoms with Gasteiger partial charge in [-0.05, 0) is 36.5 Å². The number of carbonyl (C=O) groups excluding carboxylic acids is 5. The highest BCUT2D eigenvalue weighted by atomic mass is 16.2. The SMILES string of the molecule is C[C@H](NC(=O)C(=O)[C@@H]1CCCN1C(=O)CC(c1ccccc1)c1ccccc1)C(=O)C(=O)NCc1ccccc1. The van der Waals surface area contributed by atoms with Crippen LogP contribution in [-0.4, -0.2) is 52.8 Å². The fourth-order valence-corrected chi connectivity index (χ4v) is 4.98. The van der Waals surface area contributed by atoms with Gasteiger partial charge in [-0.25, -0.2) is 0 Å². The summed E-state index contributed by atoms with van der Waals surface area (Å²) in [6, 6.07) is 26.4. The van der Waals surface area contributed by atoms with Crippen molar-refractivity contribution in [2.45, 2.75) is 50.7 Å². The van der Waals surface area contributed by atoms with Crippen LogP contribution in [0, 0.1) is 0 Å². The van der Waals surface area contributed by atoms with Gasteiger partial charge in [0, 0.05) is 25.4 Å². The molecule has 0 saturated carbocycles. The van der Waals surface area contributed by atoms with Crippen molar-refractivity contribution < 1.29 is 24.0 Å². The van der Waals surface area contributed by atoms with Crippen LogP contribution in [0.5, 0.6) is 0 Å². The number of amides is 3. The largest absolute Gasteiger partial charge is 0.345 e. The number of rotatable bonds is 11. The van der Waals surface area contributed by atoms with Gasteiger partial charge < -0.3 is 15.5 Å². The first kappa shape index (κ1) is 28.4. The van der Waals surface area contributed by atoms with Gasteiger partial charge in [-0.15, -0.1) is 0 Å². The molecule has 1 aliphatic rings. The Bertz CT molecular complexity index is 1310. The molecule has 1 heterocycles. The van der Waals surface area contributed by atoms with Crippen molar-refractivity contribution in [3.8, 4) is 0 Å². The number of benzene rings is 3. The number of nitrogens with one attached hydrogen (secondary N) is 2. The molecule has 8 heteroatoms. The molecule has 0 bridgehead atoms. The number of nitrogens with zero attached hydrogens (tertiary/aromatic N) is 1. The summed E-state index contributed by atoms with van der Waals surface area (Å²) < 4.78 is 0. The van der Waals surface area contributed by atoms with Crippen molar-refractivity contribution in [3.63, 3.8) is 0 Å². The molecule has 0 spiro atoms. The number of hydrogen-bond acceptors (Lipinski definition) is 5. The molecule has 40 heavy (non-hydrogen) atoms. The topological polar surface area (TPSA) is 113 Å². The summed E-state index contributed by atoms with van der Waals surface area (Å²) in [6.45, 7) is 1.89. The first-order chi connectivity index (χ1) is 19.3. The highest BCUT2D eigenvalue weighted by Gasteiger charge is 2.38. The molecule has 0 aromatic heterocycles. The number of hydrogen-bond donors (Lipinski definition) is 2. The molecule has 8 nitrogen and oxygen atoms in total. The van der Waals surface area contributed by atoms with Crippen LogP contribution in [0.15, 0.2) is 91.0 Å². The van der Waals surface area contributed by atoms with E-state index in [2.05, 4.69) is 10.6 Å². The van der Waals surface area contributed by atoms with Crippen LogP contribution in [0.4, 0.5) is 0 Å². The lowest BCUT2D eigenvalue weighted by Crippen LogP contribution is -2.52. The van der Waals surface area contributed by atoms with Gasteiger partial charge in [0.2, 0.25) is 17.5 Å². The van der Waals surface area contributed by atoms with Crippen LogP contribution in [0.1, 0.15) is 48.8 Å². The van der Waals surface area contributed by atoms with E-state index in [0.717, 1.165) is 16.7 Å². The van der Waals surface area contributed by atoms with Crippen molar-refractivity contribution >= 4 is 29.3 Å². The highest BCUT2D eigenvalue weighted by Crippen LogP contribution is 2.30. The summed E-state index contributed by atoms with van der Waals surface area (Å²) in [5, 5.41) is 4.88. The predicted octanol–water partition coefficient (Wildman–Crippen LogP) is 3.16. The first-order valence-corrected chi connectivity index (χ1v) is 13.4. The molecule has 1 saturated heterocycles. The van der Waals surface area contributed by atoms with Crippen molar-refractivity contribution in [1.29, 1.82) is 0 Å². The van der Waals surface area contributed by atoms with E-state index < -0.39 is 35.5 Å². The second kappa shape index (κ2) is 13.5. The third-order valence-corrected chi connectivity index (χ3v) is 7.14. The maximum atomic E-state index is 13.5. The molecule has 0 radical (unpaired) electrons. The molecule has 1 fully saturated rings. The molecular weight excluding hydrogens is 506 g/mol. The smallest absolute Gasteiger partial charge is 0.290 e. The average molecular weight is 540 g/mol. The number of carbonyl (C=O) groups is 5. The van der Waals surface area contributed by atoms with E-state index in [4.69, 9.17) is 0 Å². The lowest BCUT2D eigenvalue weighted by Gasteiger charge is -2.26. The van der Waals surface area contributed by atoms with E-state index in [-0.39, 0.29) is 24.8 Å². The Labute approximate surface area is 233 Å². The van der Waals surface area contributed by atoms with Gasteiger partial charge in [0.25, 0.3) is 11.8 Å². The van der Waals surface area contributed by atoms with E-state index in [1.165, 1.54) is 11.8 Å². The van der Waals surface area contributed by atoms with Crippen molar-refractivity contribution in [2.75, 3.05) is 6.54 Å². The van der Waals surface area contributed by atoms with Gasteiger partial charge in [-0.2, -0.15) is 0 Å². The summed E-state index contributed by atoms with van der Waals surface area (Å²) in [7, 11) is 0. The quantitative estimate of drug-likeness (QED) is 0.364. The second-order valence-electron chi connectivity index (χ2n) is 9.92. The fourth-order valence-electron chi connectivity index (χ4n) is 4.98. The van der Waals surface area contributed by atoms with Gasteiger partial charge in [0.1, 0.15) is 6.04 Å². The van der Waals surface area contributed by atoms with Crippen LogP contribution >= 0.6 is 0 Å². The number of likely N-dealkylation sites (tertiary alicyclic amines) is 1. The molecule has 3 amide bonds. The third-order valence-electron chi connectivity index (χ3n) is 7.14. The lowest BCUT2D eigenvalue weighted by atomic mass is 9.88. The summed E-state index contributed by atoms with van der Waals surface area (Å²) in [5.74, 6) is -3.90. The zero-order valence-electron chi connectivity index (χ0n) is 22.4. The fraction of sp³-hybridized carbons (Fsp3) is 0.281. The number of ketones is 2. The Morgan fingerprint density at radius 3 is 1.93 bits per heavy atom. The molecule has 3 aromatic carbocycles. The first-order valence-electron chi connectivity index (χ1n) is 13.4. The Kier molecular flexibility index (Phi) is 9.57. The third kappa shape index (κ3) is 7.08. The zero-order valence-corrected chi connectivity index (χ0v) is 22.4. The maximum Gasteiger partial charge on any atom is 0.290 e. The second-order valence-corrected chi connectivity index (χ2v) is 9.92. The molecule has 1 aliphatic heterocycles.